The van der Waals surface area contributed by atoms with Gasteiger partial charge in [0.15, 0.2) is 0 Å². The molecule has 1 saturated heterocycles. The van der Waals surface area contributed by atoms with E-state index in [9.17, 15) is 0 Å². The summed E-state index contributed by atoms with van der Waals surface area (Å²) in [7, 11) is 0. The number of nitrogens with zero attached hydrogens (tertiary/aromatic N) is 1. The highest BCUT2D eigenvalue weighted by Crippen LogP contribution is 2.35. The van der Waals surface area contributed by atoms with Crippen LogP contribution in [0.5, 0.6) is 0 Å². The Morgan fingerprint density at radius 3 is 2.32 bits per heavy atom. The SMILES string of the molecule is C=C(NC(C)CC)C1C(C)CCCN(CC2CCC(C)CC2)CC(C)CC1C. The van der Waals surface area contributed by atoms with Crippen LogP contribution in [0.2, 0.25) is 0 Å². The third-order valence-corrected chi connectivity index (χ3v) is 7.80. The van der Waals surface area contributed by atoms with Gasteiger partial charge in [0.05, 0.1) is 0 Å². The maximum atomic E-state index is 4.50. The standard InChI is InChI=1S/C26H50N2/c1-8-23(6)27-24(7)26-21(4)10-9-15-28(17-20(3)16-22(26)5)18-25-13-11-19(2)12-14-25/h19-23,25-27H,7-18H2,1-6H3. The van der Waals surface area contributed by atoms with Crippen molar-refractivity contribution in [3.63, 3.8) is 0 Å². The molecule has 0 radical (unpaired) electrons. The second kappa shape index (κ2) is 11.6. The van der Waals surface area contributed by atoms with E-state index in [-0.39, 0.29) is 0 Å². The lowest BCUT2D eigenvalue weighted by Gasteiger charge is -2.38. The summed E-state index contributed by atoms with van der Waals surface area (Å²) in [6, 6.07) is 0.536. The summed E-state index contributed by atoms with van der Waals surface area (Å²) in [6.07, 6.45) is 11.0. The molecule has 1 aliphatic heterocycles. The lowest BCUT2D eigenvalue weighted by atomic mass is 9.75. The summed E-state index contributed by atoms with van der Waals surface area (Å²) in [4.78, 5) is 2.83. The fourth-order valence-electron chi connectivity index (χ4n) is 6.01. The first-order valence-electron chi connectivity index (χ1n) is 12.5. The van der Waals surface area contributed by atoms with Gasteiger partial charge in [-0.15, -0.1) is 0 Å². The van der Waals surface area contributed by atoms with Crippen LogP contribution in [0.4, 0.5) is 0 Å². The van der Waals surface area contributed by atoms with Gasteiger partial charge >= 0.3 is 0 Å². The van der Waals surface area contributed by atoms with Crippen LogP contribution in [-0.2, 0) is 0 Å². The van der Waals surface area contributed by atoms with Gasteiger partial charge in [-0.05, 0) is 81.6 Å². The normalized spacial score (nSPS) is 37.2. The van der Waals surface area contributed by atoms with Crippen LogP contribution in [0.15, 0.2) is 12.3 Å². The van der Waals surface area contributed by atoms with E-state index in [0.717, 1.165) is 23.7 Å². The molecule has 2 rings (SSSR count). The van der Waals surface area contributed by atoms with Crippen LogP contribution in [0.25, 0.3) is 0 Å². The number of hydrogen-bond acceptors (Lipinski definition) is 2. The summed E-state index contributed by atoms with van der Waals surface area (Å²) in [5.74, 6) is 4.74. The van der Waals surface area contributed by atoms with Crippen LogP contribution in [-0.4, -0.2) is 30.6 Å². The Kier molecular flexibility index (Phi) is 9.87. The number of rotatable bonds is 6. The van der Waals surface area contributed by atoms with E-state index in [1.807, 2.05) is 0 Å². The van der Waals surface area contributed by atoms with Crippen LogP contribution in [0, 0.1) is 35.5 Å². The van der Waals surface area contributed by atoms with Crippen molar-refractivity contribution in [3.05, 3.63) is 12.3 Å². The first kappa shape index (κ1) is 23.8. The second-order valence-electron chi connectivity index (χ2n) is 10.8. The van der Waals surface area contributed by atoms with Gasteiger partial charge in [0.25, 0.3) is 0 Å². The average molecular weight is 391 g/mol. The molecular formula is C26H50N2. The summed E-state index contributed by atoms with van der Waals surface area (Å²) >= 11 is 0. The van der Waals surface area contributed by atoms with Gasteiger partial charge < -0.3 is 10.2 Å². The van der Waals surface area contributed by atoms with Gasteiger partial charge in [-0.3, -0.25) is 0 Å². The minimum absolute atomic E-state index is 0.536. The maximum Gasteiger partial charge on any atom is 0.0227 e. The van der Waals surface area contributed by atoms with Gasteiger partial charge in [0, 0.05) is 30.7 Å². The lowest BCUT2D eigenvalue weighted by molar-refractivity contribution is 0.133. The van der Waals surface area contributed by atoms with Gasteiger partial charge in [-0.25, -0.2) is 0 Å². The third-order valence-electron chi connectivity index (χ3n) is 7.80. The van der Waals surface area contributed by atoms with Gasteiger partial charge in [-0.1, -0.05) is 54.0 Å². The maximum absolute atomic E-state index is 4.50. The molecule has 5 atom stereocenters. The first-order chi connectivity index (χ1) is 13.3. The molecular weight excluding hydrogens is 340 g/mol. The smallest absolute Gasteiger partial charge is 0.0227 e. The Balaban J connectivity index is 1.95. The van der Waals surface area contributed by atoms with Crippen molar-refractivity contribution in [3.8, 4) is 0 Å². The number of allylic oxidation sites excluding steroid dienone is 1. The fraction of sp³-hybridized carbons (Fsp3) is 0.923. The monoisotopic (exact) mass is 390 g/mol. The van der Waals surface area contributed by atoms with E-state index in [2.05, 4.69) is 58.3 Å². The molecule has 1 aliphatic carbocycles. The van der Waals surface area contributed by atoms with Crippen molar-refractivity contribution in [2.24, 2.45) is 35.5 Å². The van der Waals surface area contributed by atoms with Crippen molar-refractivity contribution in [2.75, 3.05) is 19.6 Å². The van der Waals surface area contributed by atoms with E-state index in [1.54, 1.807) is 0 Å². The molecule has 0 spiro atoms. The van der Waals surface area contributed by atoms with Crippen molar-refractivity contribution in [2.45, 2.75) is 99.0 Å². The molecule has 1 N–H and O–H groups in total. The van der Waals surface area contributed by atoms with Crippen molar-refractivity contribution in [1.82, 2.24) is 10.2 Å². The molecule has 0 bridgehead atoms. The highest BCUT2D eigenvalue weighted by molar-refractivity contribution is 5.03. The Morgan fingerprint density at radius 1 is 1.00 bits per heavy atom. The molecule has 2 fully saturated rings. The Labute approximate surface area is 176 Å². The molecule has 5 unspecified atom stereocenters. The van der Waals surface area contributed by atoms with Crippen molar-refractivity contribution in [1.29, 1.82) is 0 Å². The Hall–Kier alpha value is -0.500. The van der Waals surface area contributed by atoms with Gasteiger partial charge in [-0.2, -0.15) is 0 Å². The highest BCUT2D eigenvalue weighted by atomic mass is 15.1. The third kappa shape index (κ3) is 7.39. The molecule has 0 amide bonds. The largest absolute Gasteiger partial charge is 0.386 e. The molecule has 1 heterocycles. The van der Waals surface area contributed by atoms with E-state index in [4.69, 9.17) is 0 Å². The summed E-state index contributed by atoms with van der Waals surface area (Å²) < 4.78 is 0. The zero-order valence-corrected chi connectivity index (χ0v) is 20.0. The number of nitrogens with one attached hydrogen (secondary N) is 1. The van der Waals surface area contributed by atoms with Gasteiger partial charge in [0.1, 0.15) is 0 Å². The highest BCUT2D eigenvalue weighted by Gasteiger charge is 2.30. The number of hydrogen-bond donors (Lipinski definition) is 1. The summed E-state index contributed by atoms with van der Waals surface area (Å²) in [5, 5.41) is 3.72. The van der Waals surface area contributed by atoms with Crippen LogP contribution < -0.4 is 5.32 Å². The Morgan fingerprint density at radius 2 is 1.68 bits per heavy atom. The lowest BCUT2D eigenvalue weighted by Crippen LogP contribution is -2.39. The van der Waals surface area contributed by atoms with Crippen LogP contribution in [0.1, 0.15) is 92.9 Å². The molecule has 0 aromatic rings. The first-order valence-corrected chi connectivity index (χ1v) is 12.5. The Bertz CT molecular complexity index is 451. The minimum atomic E-state index is 0.536. The molecule has 2 heteroatoms. The van der Waals surface area contributed by atoms with Crippen LogP contribution >= 0.6 is 0 Å². The summed E-state index contributed by atoms with van der Waals surface area (Å²) in [5.41, 5.74) is 1.30. The zero-order chi connectivity index (χ0) is 20.7. The van der Waals surface area contributed by atoms with Crippen molar-refractivity contribution >= 4 is 0 Å². The van der Waals surface area contributed by atoms with E-state index in [1.165, 1.54) is 76.7 Å². The topological polar surface area (TPSA) is 15.3 Å². The molecule has 1 saturated carbocycles. The second-order valence-corrected chi connectivity index (χ2v) is 10.8. The molecule has 28 heavy (non-hydrogen) atoms. The van der Waals surface area contributed by atoms with E-state index in [0.29, 0.717) is 17.9 Å². The molecule has 0 aromatic carbocycles. The predicted molar refractivity (Wildman–Crippen MR) is 124 cm³/mol. The molecule has 2 aliphatic rings. The molecule has 2 nitrogen and oxygen atoms in total. The van der Waals surface area contributed by atoms with Gasteiger partial charge in [0.2, 0.25) is 0 Å². The van der Waals surface area contributed by atoms with Crippen LogP contribution in [0.3, 0.4) is 0 Å². The average Bonchev–Trinajstić information content (AvgIpc) is 2.62. The summed E-state index contributed by atoms with van der Waals surface area (Å²) in [6.45, 7) is 22.9. The fourth-order valence-corrected chi connectivity index (χ4v) is 6.01. The zero-order valence-electron chi connectivity index (χ0n) is 20.0. The predicted octanol–water partition coefficient (Wildman–Crippen LogP) is 6.72. The molecule has 0 aromatic heterocycles. The van der Waals surface area contributed by atoms with E-state index < -0.39 is 0 Å². The van der Waals surface area contributed by atoms with Crippen molar-refractivity contribution < 1.29 is 0 Å². The minimum Gasteiger partial charge on any atom is -0.386 e. The van der Waals surface area contributed by atoms with E-state index >= 15 is 0 Å². The quantitative estimate of drug-likeness (QED) is 0.541. The molecule has 164 valence electrons.